The number of benzene rings is 1. The van der Waals surface area contributed by atoms with E-state index in [1.165, 1.54) is 5.56 Å². The van der Waals surface area contributed by atoms with E-state index in [-0.39, 0.29) is 12.0 Å². The number of hydrogen-bond donors (Lipinski definition) is 1. The van der Waals surface area contributed by atoms with Gasteiger partial charge in [-0.3, -0.25) is 4.79 Å². The Morgan fingerprint density at radius 3 is 2.87 bits per heavy atom. The summed E-state index contributed by atoms with van der Waals surface area (Å²) in [6, 6.07) is 5.91. The second-order valence-electron chi connectivity index (χ2n) is 3.69. The first kappa shape index (κ1) is 10.0. The molecule has 1 aliphatic heterocycles. The van der Waals surface area contributed by atoms with E-state index in [2.05, 4.69) is 12.2 Å². The summed E-state index contributed by atoms with van der Waals surface area (Å²) < 4.78 is 5.62. The average Bonchev–Trinajstić information content (AvgIpc) is 2.27. The summed E-state index contributed by atoms with van der Waals surface area (Å²) in [5.41, 5.74) is 2.00. The molecule has 15 heavy (non-hydrogen) atoms. The van der Waals surface area contributed by atoms with E-state index < -0.39 is 0 Å². The zero-order valence-corrected chi connectivity index (χ0v) is 9.04. The highest BCUT2D eigenvalue weighted by atomic mass is 16.5. The number of amides is 1. The highest BCUT2D eigenvalue weighted by molar-refractivity contribution is 5.97. The van der Waals surface area contributed by atoms with Crippen LogP contribution in [0.25, 0.3) is 0 Å². The highest BCUT2D eigenvalue weighted by Crippen LogP contribution is 2.31. The van der Waals surface area contributed by atoms with Gasteiger partial charge in [0.15, 0.2) is 6.10 Å². The third kappa shape index (κ3) is 1.82. The van der Waals surface area contributed by atoms with Crippen LogP contribution >= 0.6 is 0 Å². The predicted octanol–water partition coefficient (Wildman–Crippen LogP) is 2.36. The van der Waals surface area contributed by atoms with Gasteiger partial charge in [0.1, 0.15) is 5.75 Å². The van der Waals surface area contributed by atoms with E-state index in [1.54, 1.807) is 0 Å². The first-order valence-electron chi connectivity index (χ1n) is 5.35. The molecule has 3 heteroatoms. The maximum atomic E-state index is 11.5. The number of rotatable bonds is 2. The van der Waals surface area contributed by atoms with Crippen molar-refractivity contribution in [3.63, 3.8) is 0 Å². The molecule has 0 fully saturated rings. The van der Waals surface area contributed by atoms with Crippen molar-refractivity contribution >= 4 is 11.6 Å². The Morgan fingerprint density at radius 2 is 2.20 bits per heavy atom. The molecule has 0 spiro atoms. The van der Waals surface area contributed by atoms with Crippen LogP contribution in [0.2, 0.25) is 0 Å². The van der Waals surface area contributed by atoms with Crippen LogP contribution in [0, 0.1) is 0 Å². The van der Waals surface area contributed by atoms with E-state index in [9.17, 15) is 4.79 Å². The second-order valence-corrected chi connectivity index (χ2v) is 3.69. The fourth-order valence-corrected chi connectivity index (χ4v) is 1.68. The van der Waals surface area contributed by atoms with Gasteiger partial charge in [0.25, 0.3) is 5.91 Å². The number of anilines is 1. The summed E-state index contributed by atoms with van der Waals surface area (Å²) in [5.74, 6) is 0.745. The summed E-state index contributed by atoms with van der Waals surface area (Å²) in [5, 5.41) is 2.85. The molecule has 1 unspecified atom stereocenters. The number of carbonyl (C=O) groups excluding carboxylic acids is 1. The Balaban J connectivity index is 2.33. The Morgan fingerprint density at radius 1 is 1.40 bits per heavy atom. The van der Waals surface area contributed by atoms with Crippen LogP contribution in [-0.2, 0) is 11.2 Å². The van der Waals surface area contributed by atoms with E-state index >= 15 is 0 Å². The molecule has 1 amide bonds. The van der Waals surface area contributed by atoms with E-state index in [0.29, 0.717) is 6.42 Å². The molecule has 1 aromatic rings. The SMILES string of the molecule is CCc1ccc2c(c1)OC(CC)C(=O)N2. The maximum absolute atomic E-state index is 11.5. The van der Waals surface area contributed by atoms with Gasteiger partial charge in [0.2, 0.25) is 0 Å². The Labute approximate surface area is 89.4 Å². The number of aryl methyl sites for hydroxylation is 1. The van der Waals surface area contributed by atoms with E-state index in [4.69, 9.17) is 4.74 Å². The van der Waals surface area contributed by atoms with Crippen LogP contribution in [0.15, 0.2) is 18.2 Å². The van der Waals surface area contributed by atoms with Crippen molar-refractivity contribution in [1.82, 2.24) is 0 Å². The highest BCUT2D eigenvalue weighted by Gasteiger charge is 2.25. The standard InChI is InChI=1S/C12H15NO2/c1-3-8-5-6-9-11(7-8)15-10(4-2)12(14)13-9/h5-7,10H,3-4H2,1-2H3,(H,13,14). The Bertz CT molecular complexity index is 387. The van der Waals surface area contributed by atoms with Crippen molar-refractivity contribution in [3.05, 3.63) is 23.8 Å². The minimum atomic E-state index is -0.343. The monoisotopic (exact) mass is 205 g/mol. The molecule has 1 aliphatic rings. The van der Waals surface area contributed by atoms with Crippen LogP contribution in [0.4, 0.5) is 5.69 Å². The molecule has 3 nitrogen and oxygen atoms in total. The molecule has 0 aromatic heterocycles. The van der Waals surface area contributed by atoms with Gasteiger partial charge in [-0.25, -0.2) is 0 Å². The second kappa shape index (κ2) is 3.93. The van der Waals surface area contributed by atoms with Crippen molar-refractivity contribution in [2.75, 3.05) is 5.32 Å². The molecule has 1 N–H and O–H groups in total. The fraction of sp³-hybridized carbons (Fsp3) is 0.417. The minimum Gasteiger partial charge on any atom is -0.478 e. The number of fused-ring (bicyclic) bond motifs is 1. The Hall–Kier alpha value is -1.51. The third-order valence-corrected chi connectivity index (χ3v) is 2.64. The zero-order valence-electron chi connectivity index (χ0n) is 9.04. The van der Waals surface area contributed by atoms with Crippen molar-refractivity contribution in [3.8, 4) is 5.75 Å². The van der Waals surface area contributed by atoms with Gasteiger partial charge in [0, 0.05) is 0 Å². The van der Waals surface area contributed by atoms with E-state index in [0.717, 1.165) is 17.9 Å². The first-order chi connectivity index (χ1) is 7.24. The van der Waals surface area contributed by atoms with Crippen molar-refractivity contribution < 1.29 is 9.53 Å². The normalized spacial score (nSPS) is 19.1. The molecule has 0 aliphatic carbocycles. The lowest BCUT2D eigenvalue weighted by Crippen LogP contribution is -2.36. The van der Waals surface area contributed by atoms with Gasteiger partial charge < -0.3 is 10.1 Å². The number of ether oxygens (including phenoxy) is 1. The molecule has 0 bridgehead atoms. The van der Waals surface area contributed by atoms with Gasteiger partial charge in [-0.15, -0.1) is 0 Å². The molecule has 80 valence electrons. The lowest BCUT2D eigenvalue weighted by atomic mass is 10.1. The minimum absolute atomic E-state index is 0.0470. The molecular formula is C12H15NO2. The summed E-state index contributed by atoms with van der Waals surface area (Å²) >= 11 is 0. The molecule has 0 saturated heterocycles. The van der Waals surface area contributed by atoms with Crippen molar-refractivity contribution in [2.45, 2.75) is 32.8 Å². The number of hydrogen-bond acceptors (Lipinski definition) is 2. The zero-order chi connectivity index (χ0) is 10.8. The van der Waals surface area contributed by atoms with Gasteiger partial charge in [-0.1, -0.05) is 19.9 Å². The average molecular weight is 205 g/mol. The summed E-state index contributed by atoms with van der Waals surface area (Å²) in [6.45, 7) is 4.04. The van der Waals surface area contributed by atoms with Crippen LogP contribution in [0.5, 0.6) is 5.75 Å². The molecule has 2 rings (SSSR count). The molecule has 0 saturated carbocycles. The largest absolute Gasteiger partial charge is 0.478 e. The first-order valence-corrected chi connectivity index (χ1v) is 5.35. The number of carbonyl (C=O) groups is 1. The molecular weight excluding hydrogens is 190 g/mol. The van der Waals surface area contributed by atoms with Gasteiger partial charge >= 0.3 is 0 Å². The fourth-order valence-electron chi connectivity index (χ4n) is 1.68. The van der Waals surface area contributed by atoms with Crippen molar-refractivity contribution in [1.29, 1.82) is 0 Å². The van der Waals surface area contributed by atoms with Gasteiger partial charge in [-0.05, 0) is 30.5 Å². The quantitative estimate of drug-likeness (QED) is 0.804. The van der Waals surface area contributed by atoms with Gasteiger partial charge in [0.05, 0.1) is 5.69 Å². The molecule has 1 aromatic carbocycles. The summed E-state index contributed by atoms with van der Waals surface area (Å²) in [7, 11) is 0. The number of nitrogens with one attached hydrogen (secondary N) is 1. The lowest BCUT2D eigenvalue weighted by molar-refractivity contribution is -0.123. The van der Waals surface area contributed by atoms with Crippen LogP contribution in [0.3, 0.4) is 0 Å². The summed E-state index contributed by atoms with van der Waals surface area (Å²) in [4.78, 5) is 11.5. The summed E-state index contributed by atoms with van der Waals surface area (Å²) in [6.07, 6.45) is 1.33. The van der Waals surface area contributed by atoms with Crippen LogP contribution in [-0.4, -0.2) is 12.0 Å². The third-order valence-electron chi connectivity index (χ3n) is 2.64. The predicted molar refractivity (Wildman–Crippen MR) is 59.2 cm³/mol. The topological polar surface area (TPSA) is 38.3 Å². The van der Waals surface area contributed by atoms with Gasteiger partial charge in [-0.2, -0.15) is 0 Å². The van der Waals surface area contributed by atoms with Crippen molar-refractivity contribution in [2.24, 2.45) is 0 Å². The maximum Gasteiger partial charge on any atom is 0.265 e. The van der Waals surface area contributed by atoms with Crippen LogP contribution < -0.4 is 10.1 Å². The molecule has 1 heterocycles. The lowest BCUT2D eigenvalue weighted by Gasteiger charge is -2.25. The molecule has 1 atom stereocenters. The Kier molecular flexibility index (Phi) is 2.62. The smallest absolute Gasteiger partial charge is 0.265 e. The van der Waals surface area contributed by atoms with E-state index in [1.807, 2.05) is 25.1 Å². The van der Waals surface area contributed by atoms with Crippen LogP contribution in [0.1, 0.15) is 25.8 Å². The molecule has 0 radical (unpaired) electrons.